The highest BCUT2D eigenvalue weighted by molar-refractivity contribution is 9.10. The zero-order valence-corrected chi connectivity index (χ0v) is 13.5. The van der Waals surface area contributed by atoms with Gasteiger partial charge in [0, 0.05) is 4.47 Å². The van der Waals surface area contributed by atoms with Crippen LogP contribution in [-0.2, 0) is 0 Å². The van der Waals surface area contributed by atoms with Crippen LogP contribution < -0.4 is 4.74 Å². The van der Waals surface area contributed by atoms with Gasteiger partial charge in [-0.05, 0) is 59.3 Å². The molecular weight excluding hydrogens is 324 g/mol. The summed E-state index contributed by atoms with van der Waals surface area (Å²) in [6.07, 6.45) is 0. The molecule has 0 aliphatic carbocycles. The molecule has 0 amide bonds. The quantitative estimate of drug-likeness (QED) is 0.755. The molecule has 0 radical (unpaired) electrons. The molecule has 2 rings (SSSR count). The number of thiophene rings is 1. The molecule has 19 heavy (non-hydrogen) atoms. The van der Waals surface area contributed by atoms with Crippen LogP contribution in [-0.4, -0.2) is 12.4 Å². The molecule has 0 saturated heterocycles. The molecule has 2 nitrogen and oxygen atoms in total. The number of hydrogen-bond acceptors (Lipinski definition) is 3. The van der Waals surface area contributed by atoms with Crippen molar-refractivity contribution >= 4 is 33.0 Å². The lowest BCUT2D eigenvalue weighted by molar-refractivity contribution is 0.0924. The number of aryl methyl sites for hydroxylation is 3. The number of rotatable bonds is 4. The molecule has 0 aliphatic heterocycles. The maximum Gasteiger partial charge on any atom is 0.211 e. The normalized spacial score (nSPS) is 10.5. The molecule has 100 valence electrons. The topological polar surface area (TPSA) is 26.3 Å². The molecule has 0 saturated carbocycles. The summed E-state index contributed by atoms with van der Waals surface area (Å²) in [5.74, 6) is 0.813. The van der Waals surface area contributed by atoms with Gasteiger partial charge in [-0.2, -0.15) is 0 Å². The summed E-state index contributed by atoms with van der Waals surface area (Å²) in [5.41, 5.74) is 3.33. The summed E-state index contributed by atoms with van der Waals surface area (Å²) >= 11 is 4.79. The Kier molecular flexibility index (Phi) is 4.42. The van der Waals surface area contributed by atoms with Crippen LogP contribution >= 0.6 is 27.3 Å². The van der Waals surface area contributed by atoms with Gasteiger partial charge in [-0.3, -0.25) is 4.79 Å². The molecular formula is C15H15BrO2S. The van der Waals surface area contributed by atoms with Crippen LogP contribution in [0.25, 0.3) is 0 Å². The Morgan fingerprint density at radius 1 is 1.26 bits per heavy atom. The van der Waals surface area contributed by atoms with Gasteiger partial charge in [-0.15, -0.1) is 11.3 Å². The number of ether oxygens (including phenoxy) is 1. The van der Waals surface area contributed by atoms with Crippen molar-refractivity contribution < 1.29 is 9.53 Å². The van der Waals surface area contributed by atoms with Gasteiger partial charge in [0.2, 0.25) is 5.78 Å². The van der Waals surface area contributed by atoms with E-state index in [-0.39, 0.29) is 12.4 Å². The zero-order chi connectivity index (χ0) is 14.0. The molecule has 0 spiro atoms. The summed E-state index contributed by atoms with van der Waals surface area (Å²) < 4.78 is 6.54. The van der Waals surface area contributed by atoms with Crippen LogP contribution in [0.4, 0.5) is 0 Å². The maximum atomic E-state index is 12.0. The summed E-state index contributed by atoms with van der Waals surface area (Å²) in [6, 6.07) is 6.00. The number of hydrogen-bond donors (Lipinski definition) is 0. The van der Waals surface area contributed by atoms with Gasteiger partial charge in [0.1, 0.15) is 5.75 Å². The van der Waals surface area contributed by atoms with E-state index >= 15 is 0 Å². The number of Topliss-reactive ketones (excluding diaryl/α,β-unsaturated/α-hetero) is 1. The Hall–Kier alpha value is -1.13. The van der Waals surface area contributed by atoms with Crippen LogP contribution in [0.15, 0.2) is 28.1 Å². The molecule has 1 aromatic carbocycles. The average Bonchev–Trinajstić information content (AvgIpc) is 2.73. The van der Waals surface area contributed by atoms with Gasteiger partial charge in [-0.25, -0.2) is 0 Å². The second-order valence-electron chi connectivity index (χ2n) is 4.54. The third kappa shape index (κ3) is 3.25. The second-order valence-corrected chi connectivity index (χ2v) is 6.31. The number of ketones is 1. The fraction of sp³-hybridized carbons (Fsp3) is 0.267. The number of carbonyl (C=O) groups excluding carboxylic acids is 1. The highest BCUT2D eigenvalue weighted by Gasteiger charge is 2.14. The molecule has 0 aliphatic rings. The minimum absolute atomic E-state index is 0.00116. The Balaban J connectivity index is 2.12. The molecule has 1 aromatic heterocycles. The van der Waals surface area contributed by atoms with Gasteiger partial charge in [-0.1, -0.05) is 17.7 Å². The van der Waals surface area contributed by atoms with Crippen molar-refractivity contribution in [3.8, 4) is 5.75 Å². The Labute approximate surface area is 125 Å². The van der Waals surface area contributed by atoms with Crippen LogP contribution in [0, 0.1) is 20.8 Å². The molecule has 0 fully saturated rings. The molecule has 0 atom stereocenters. The minimum atomic E-state index is 0.00116. The van der Waals surface area contributed by atoms with Crippen molar-refractivity contribution in [3.63, 3.8) is 0 Å². The SMILES string of the molecule is Cc1cc(C)c(OCC(=O)c2sccc2Br)c(C)c1. The molecule has 0 unspecified atom stereocenters. The Morgan fingerprint density at radius 3 is 2.42 bits per heavy atom. The molecule has 0 N–H and O–H groups in total. The first-order valence-corrected chi connectivity index (χ1v) is 7.63. The van der Waals surface area contributed by atoms with E-state index in [2.05, 4.69) is 35.0 Å². The van der Waals surface area contributed by atoms with Crippen molar-refractivity contribution in [2.75, 3.05) is 6.61 Å². The van der Waals surface area contributed by atoms with Crippen LogP contribution in [0.5, 0.6) is 5.75 Å². The standard InChI is InChI=1S/C15H15BrO2S/c1-9-6-10(2)14(11(3)7-9)18-8-13(17)15-12(16)4-5-19-15/h4-7H,8H2,1-3H3. The van der Waals surface area contributed by atoms with E-state index in [1.165, 1.54) is 16.9 Å². The number of benzene rings is 1. The van der Waals surface area contributed by atoms with Crippen molar-refractivity contribution in [1.29, 1.82) is 0 Å². The predicted octanol–water partition coefficient (Wildman–Crippen LogP) is 4.70. The third-order valence-corrected chi connectivity index (χ3v) is 4.70. The maximum absolute atomic E-state index is 12.0. The first-order chi connectivity index (χ1) is 8.99. The van der Waals surface area contributed by atoms with E-state index in [1.807, 2.05) is 25.3 Å². The molecule has 0 bridgehead atoms. The van der Waals surface area contributed by atoms with Gasteiger partial charge in [0.15, 0.2) is 6.61 Å². The van der Waals surface area contributed by atoms with E-state index in [0.717, 1.165) is 21.3 Å². The monoisotopic (exact) mass is 338 g/mol. The first kappa shape index (κ1) is 14.3. The molecule has 4 heteroatoms. The lowest BCUT2D eigenvalue weighted by atomic mass is 10.1. The number of carbonyl (C=O) groups is 1. The van der Waals surface area contributed by atoms with E-state index < -0.39 is 0 Å². The zero-order valence-electron chi connectivity index (χ0n) is 11.1. The van der Waals surface area contributed by atoms with Gasteiger partial charge in [0.25, 0.3) is 0 Å². The predicted molar refractivity (Wildman–Crippen MR) is 82.5 cm³/mol. The lowest BCUT2D eigenvalue weighted by Gasteiger charge is -2.12. The van der Waals surface area contributed by atoms with Crippen LogP contribution in [0.2, 0.25) is 0 Å². The highest BCUT2D eigenvalue weighted by atomic mass is 79.9. The van der Waals surface area contributed by atoms with Gasteiger partial charge >= 0.3 is 0 Å². The molecule has 2 aromatic rings. The van der Waals surface area contributed by atoms with Crippen molar-refractivity contribution in [2.45, 2.75) is 20.8 Å². The van der Waals surface area contributed by atoms with Crippen LogP contribution in [0.3, 0.4) is 0 Å². The van der Waals surface area contributed by atoms with Crippen molar-refractivity contribution in [2.24, 2.45) is 0 Å². The minimum Gasteiger partial charge on any atom is -0.485 e. The lowest BCUT2D eigenvalue weighted by Crippen LogP contribution is -2.12. The fourth-order valence-electron chi connectivity index (χ4n) is 2.09. The Bertz CT molecular complexity index is 593. The van der Waals surface area contributed by atoms with E-state index in [0.29, 0.717) is 4.88 Å². The van der Waals surface area contributed by atoms with Crippen molar-refractivity contribution in [3.05, 3.63) is 49.6 Å². The summed E-state index contributed by atoms with van der Waals surface area (Å²) in [4.78, 5) is 12.8. The van der Waals surface area contributed by atoms with E-state index in [1.54, 1.807) is 0 Å². The molecule has 1 heterocycles. The van der Waals surface area contributed by atoms with E-state index in [4.69, 9.17) is 4.74 Å². The van der Waals surface area contributed by atoms with Crippen LogP contribution in [0.1, 0.15) is 26.4 Å². The largest absolute Gasteiger partial charge is 0.485 e. The summed E-state index contributed by atoms with van der Waals surface area (Å²) in [7, 11) is 0. The van der Waals surface area contributed by atoms with Gasteiger partial charge < -0.3 is 4.74 Å². The van der Waals surface area contributed by atoms with Crippen molar-refractivity contribution in [1.82, 2.24) is 0 Å². The Morgan fingerprint density at radius 2 is 1.89 bits per heavy atom. The van der Waals surface area contributed by atoms with E-state index in [9.17, 15) is 4.79 Å². The third-order valence-electron chi connectivity index (χ3n) is 2.82. The second kappa shape index (κ2) is 5.88. The summed E-state index contributed by atoms with van der Waals surface area (Å²) in [6.45, 7) is 6.13. The van der Waals surface area contributed by atoms with Gasteiger partial charge in [0.05, 0.1) is 4.88 Å². The number of halogens is 1. The smallest absolute Gasteiger partial charge is 0.211 e. The fourth-order valence-corrected chi connectivity index (χ4v) is 3.61. The first-order valence-electron chi connectivity index (χ1n) is 5.96. The highest BCUT2D eigenvalue weighted by Crippen LogP contribution is 2.26. The summed E-state index contributed by atoms with van der Waals surface area (Å²) in [5, 5.41) is 1.89. The average molecular weight is 339 g/mol.